The van der Waals surface area contributed by atoms with Crippen molar-refractivity contribution in [2.24, 2.45) is 11.7 Å². The lowest BCUT2D eigenvalue weighted by molar-refractivity contribution is 0.141. The lowest BCUT2D eigenvalue weighted by atomic mass is 9.84. The van der Waals surface area contributed by atoms with Crippen LogP contribution in [0.4, 0.5) is 0 Å². The van der Waals surface area contributed by atoms with Crippen LogP contribution in [0.25, 0.3) is 0 Å². The van der Waals surface area contributed by atoms with Crippen LogP contribution >= 0.6 is 0 Å². The molecule has 0 spiro atoms. The van der Waals surface area contributed by atoms with Crippen LogP contribution < -0.4 is 15.2 Å². The Morgan fingerprint density at radius 1 is 1.19 bits per heavy atom. The molecular weight excluding hydrogens is 264 g/mol. The molecule has 0 aromatic heterocycles. The number of nitrogens with two attached hydrogens (primary N) is 1. The summed E-state index contributed by atoms with van der Waals surface area (Å²) < 4.78 is 10.8. The van der Waals surface area contributed by atoms with Gasteiger partial charge < -0.3 is 15.2 Å². The van der Waals surface area contributed by atoms with Crippen LogP contribution in [0.3, 0.4) is 0 Å². The molecule has 0 heterocycles. The Morgan fingerprint density at radius 3 is 2.19 bits per heavy atom. The van der Waals surface area contributed by atoms with E-state index in [-0.39, 0.29) is 6.04 Å². The first-order chi connectivity index (χ1) is 10.2. The molecular formula is C17H28N2O2. The van der Waals surface area contributed by atoms with Gasteiger partial charge in [0.1, 0.15) is 11.5 Å². The molecule has 1 aliphatic rings. The second-order valence-electron chi connectivity index (χ2n) is 5.78. The minimum absolute atomic E-state index is 0.222. The maximum atomic E-state index is 6.08. The summed E-state index contributed by atoms with van der Waals surface area (Å²) in [5, 5.41) is 0. The Bertz CT molecular complexity index is 424. The molecule has 2 N–H and O–H groups in total. The van der Waals surface area contributed by atoms with Crippen molar-refractivity contribution in [2.75, 3.05) is 33.9 Å². The summed E-state index contributed by atoms with van der Waals surface area (Å²) in [6.45, 7) is 4.96. The van der Waals surface area contributed by atoms with Crippen molar-refractivity contribution in [3.05, 3.63) is 23.8 Å². The van der Waals surface area contributed by atoms with Gasteiger partial charge in [-0.1, -0.05) is 13.3 Å². The molecule has 4 heteroatoms. The average molecular weight is 292 g/mol. The third-order valence-corrected chi connectivity index (χ3v) is 4.55. The summed E-state index contributed by atoms with van der Waals surface area (Å²) in [6.07, 6.45) is 4.09. The molecule has 0 radical (unpaired) electrons. The molecule has 1 aromatic rings. The largest absolute Gasteiger partial charge is 0.497 e. The lowest BCUT2D eigenvalue weighted by Crippen LogP contribution is -2.38. The van der Waals surface area contributed by atoms with Crippen LogP contribution in [0, 0.1) is 5.92 Å². The van der Waals surface area contributed by atoms with Crippen molar-refractivity contribution in [1.82, 2.24) is 4.90 Å². The van der Waals surface area contributed by atoms with Gasteiger partial charge in [0.2, 0.25) is 0 Å². The van der Waals surface area contributed by atoms with Crippen LogP contribution in [-0.4, -0.2) is 38.8 Å². The summed E-state index contributed by atoms with van der Waals surface area (Å²) in [5.74, 6) is 2.48. The molecule has 0 saturated heterocycles. The SMILES string of the molecule is CCN(CC1CCC1)C(CN)c1cc(OC)cc(OC)c1. The van der Waals surface area contributed by atoms with E-state index < -0.39 is 0 Å². The highest BCUT2D eigenvalue weighted by atomic mass is 16.5. The first kappa shape index (κ1) is 16.1. The number of rotatable bonds is 8. The van der Waals surface area contributed by atoms with E-state index in [1.165, 1.54) is 24.8 Å². The highest BCUT2D eigenvalue weighted by Crippen LogP contribution is 2.32. The minimum Gasteiger partial charge on any atom is -0.497 e. The molecule has 1 saturated carbocycles. The van der Waals surface area contributed by atoms with Crippen molar-refractivity contribution >= 4 is 0 Å². The van der Waals surface area contributed by atoms with Crippen LogP contribution in [-0.2, 0) is 0 Å². The van der Waals surface area contributed by atoms with E-state index in [2.05, 4.69) is 24.0 Å². The molecule has 0 bridgehead atoms. The average Bonchev–Trinajstić information content (AvgIpc) is 2.48. The predicted molar refractivity (Wildman–Crippen MR) is 85.9 cm³/mol. The number of benzene rings is 1. The molecule has 0 amide bonds. The van der Waals surface area contributed by atoms with E-state index in [9.17, 15) is 0 Å². The number of methoxy groups -OCH3 is 2. The fourth-order valence-corrected chi connectivity index (χ4v) is 3.00. The highest BCUT2D eigenvalue weighted by Gasteiger charge is 2.25. The Morgan fingerprint density at radius 2 is 1.81 bits per heavy atom. The number of hydrogen-bond acceptors (Lipinski definition) is 4. The Balaban J connectivity index is 2.21. The third kappa shape index (κ3) is 3.89. The second-order valence-corrected chi connectivity index (χ2v) is 5.78. The van der Waals surface area contributed by atoms with Gasteiger partial charge in [0, 0.05) is 25.2 Å². The van der Waals surface area contributed by atoms with E-state index >= 15 is 0 Å². The molecule has 118 valence electrons. The molecule has 1 aliphatic carbocycles. The molecule has 1 unspecified atom stereocenters. The lowest BCUT2D eigenvalue weighted by Gasteiger charge is -2.36. The van der Waals surface area contributed by atoms with Gasteiger partial charge in [-0.05, 0) is 43.0 Å². The van der Waals surface area contributed by atoms with Gasteiger partial charge in [-0.2, -0.15) is 0 Å². The van der Waals surface area contributed by atoms with Gasteiger partial charge in [0.05, 0.1) is 14.2 Å². The van der Waals surface area contributed by atoms with Gasteiger partial charge in [-0.25, -0.2) is 0 Å². The summed E-state index contributed by atoms with van der Waals surface area (Å²) in [5.41, 5.74) is 7.25. The monoisotopic (exact) mass is 292 g/mol. The van der Waals surface area contributed by atoms with Crippen molar-refractivity contribution in [3.63, 3.8) is 0 Å². The number of ether oxygens (including phenoxy) is 2. The maximum Gasteiger partial charge on any atom is 0.122 e. The number of likely N-dealkylation sites (N-methyl/N-ethyl adjacent to an activating group) is 1. The van der Waals surface area contributed by atoms with Crippen molar-refractivity contribution in [1.29, 1.82) is 0 Å². The van der Waals surface area contributed by atoms with E-state index in [4.69, 9.17) is 15.2 Å². The molecule has 1 aromatic carbocycles. The zero-order valence-corrected chi connectivity index (χ0v) is 13.5. The Labute approximate surface area is 128 Å². The maximum absolute atomic E-state index is 6.08. The van der Waals surface area contributed by atoms with E-state index in [0.29, 0.717) is 6.54 Å². The van der Waals surface area contributed by atoms with E-state index in [0.717, 1.165) is 30.5 Å². The summed E-state index contributed by atoms with van der Waals surface area (Å²) in [7, 11) is 3.36. The fraction of sp³-hybridized carbons (Fsp3) is 0.647. The van der Waals surface area contributed by atoms with Gasteiger partial charge in [0.15, 0.2) is 0 Å². The fourth-order valence-electron chi connectivity index (χ4n) is 3.00. The summed E-state index contributed by atoms with van der Waals surface area (Å²) in [6, 6.07) is 6.27. The summed E-state index contributed by atoms with van der Waals surface area (Å²) in [4.78, 5) is 2.48. The van der Waals surface area contributed by atoms with Crippen LogP contribution in [0.2, 0.25) is 0 Å². The Kier molecular flexibility index (Phi) is 5.88. The molecule has 0 aliphatic heterocycles. The molecule has 4 nitrogen and oxygen atoms in total. The normalized spacial score (nSPS) is 16.6. The van der Waals surface area contributed by atoms with Crippen molar-refractivity contribution < 1.29 is 9.47 Å². The first-order valence-electron chi connectivity index (χ1n) is 7.88. The highest BCUT2D eigenvalue weighted by molar-refractivity contribution is 5.40. The van der Waals surface area contributed by atoms with Gasteiger partial charge in [0.25, 0.3) is 0 Å². The second kappa shape index (κ2) is 7.66. The van der Waals surface area contributed by atoms with Crippen LogP contribution in [0.15, 0.2) is 18.2 Å². The zero-order valence-electron chi connectivity index (χ0n) is 13.5. The van der Waals surface area contributed by atoms with Crippen molar-refractivity contribution in [3.8, 4) is 11.5 Å². The predicted octanol–water partition coefficient (Wildman–Crippen LogP) is 2.83. The molecule has 2 rings (SSSR count). The van der Waals surface area contributed by atoms with E-state index in [1.807, 2.05) is 6.07 Å². The molecule has 21 heavy (non-hydrogen) atoms. The van der Waals surface area contributed by atoms with Gasteiger partial charge in [-0.3, -0.25) is 4.90 Å². The number of hydrogen-bond donors (Lipinski definition) is 1. The van der Waals surface area contributed by atoms with Crippen molar-refractivity contribution in [2.45, 2.75) is 32.2 Å². The molecule has 1 fully saturated rings. The standard InChI is InChI=1S/C17H28N2O2/c1-4-19(12-13-6-5-7-13)17(11-18)14-8-15(20-2)10-16(9-14)21-3/h8-10,13,17H,4-7,11-12,18H2,1-3H3. The summed E-state index contributed by atoms with van der Waals surface area (Å²) >= 11 is 0. The first-order valence-corrected chi connectivity index (χ1v) is 7.88. The van der Waals surface area contributed by atoms with Gasteiger partial charge in [-0.15, -0.1) is 0 Å². The number of nitrogens with zero attached hydrogens (tertiary/aromatic N) is 1. The smallest absolute Gasteiger partial charge is 0.122 e. The quantitative estimate of drug-likeness (QED) is 0.800. The third-order valence-electron chi connectivity index (χ3n) is 4.55. The Hall–Kier alpha value is -1.26. The van der Waals surface area contributed by atoms with Crippen LogP contribution in [0.5, 0.6) is 11.5 Å². The topological polar surface area (TPSA) is 47.7 Å². The molecule has 1 atom stereocenters. The minimum atomic E-state index is 0.222. The zero-order chi connectivity index (χ0) is 15.2. The van der Waals surface area contributed by atoms with Gasteiger partial charge >= 0.3 is 0 Å². The van der Waals surface area contributed by atoms with E-state index in [1.54, 1.807) is 14.2 Å². The van der Waals surface area contributed by atoms with Crippen LogP contribution in [0.1, 0.15) is 37.8 Å².